The molecule has 0 aromatic rings. The largest absolute Gasteiger partial charge is 0.477 e. The molecule has 0 aliphatic rings. The number of unbranched alkanes of at least 4 members (excludes halogenated alkanes) is 5. The summed E-state index contributed by atoms with van der Waals surface area (Å²) in [5.41, 5.74) is 0. The zero-order valence-corrected chi connectivity index (χ0v) is 48.5. The number of carbonyl (C=O) groups excluding carboxylic acids is 2. The van der Waals surface area contributed by atoms with Gasteiger partial charge in [-0.05, 0) is 135 Å². The highest BCUT2D eigenvalue weighted by Gasteiger charge is 2.25. The maximum atomic E-state index is 12.8. The summed E-state index contributed by atoms with van der Waals surface area (Å²) in [5, 5.41) is 9.67. The third kappa shape index (κ3) is 57.9. The van der Waals surface area contributed by atoms with Gasteiger partial charge in [-0.25, -0.2) is 4.79 Å². The van der Waals surface area contributed by atoms with Crippen LogP contribution in [0, 0.1) is 0 Å². The van der Waals surface area contributed by atoms with Gasteiger partial charge in [0.25, 0.3) is 6.29 Å². The van der Waals surface area contributed by atoms with E-state index in [1.54, 1.807) is 0 Å². The number of esters is 2. The molecule has 1 N–H and O–H groups in total. The molecular weight excluding hydrogens is 959 g/mol. The monoisotopic (exact) mass is 1060 g/mol. The summed E-state index contributed by atoms with van der Waals surface area (Å²) in [6.45, 7) is 4.51. The molecule has 9 nitrogen and oxygen atoms in total. The van der Waals surface area contributed by atoms with Crippen LogP contribution in [0.25, 0.3) is 0 Å². The highest BCUT2D eigenvalue weighted by atomic mass is 16.7. The number of hydrogen-bond donors (Lipinski definition) is 1. The van der Waals surface area contributed by atoms with Gasteiger partial charge in [-0.1, -0.05) is 203 Å². The van der Waals surface area contributed by atoms with Crippen molar-refractivity contribution in [2.75, 3.05) is 47.5 Å². The molecule has 0 aromatic heterocycles. The first kappa shape index (κ1) is 71.4. The predicted octanol–water partition coefficient (Wildman–Crippen LogP) is 17.3. The fraction of sp³-hybridized carbons (Fsp3) is 0.515. The van der Waals surface area contributed by atoms with Crippen molar-refractivity contribution in [2.45, 2.75) is 180 Å². The van der Waals surface area contributed by atoms with E-state index in [-0.39, 0.29) is 32.7 Å². The second-order valence-electron chi connectivity index (χ2n) is 19.5. The van der Waals surface area contributed by atoms with Gasteiger partial charge in [0, 0.05) is 12.8 Å². The molecule has 9 heteroatoms. The van der Waals surface area contributed by atoms with Gasteiger partial charge >= 0.3 is 17.9 Å². The van der Waals surface area contributed by atoms with E-state index < -0.39 is 30.3 Å². The molecule has 0 rings (SSSR count). The van der Waals surface area contributed by atoms with Crippen LogP contribution in [0.4, 0.5) is 0 Å². The third-order valence-electron chi connectivity index (χ3n) is 11.2. The molecule has 77 heavy (non-hydrogen) atoms. The molecule has 0 radical (unpaired) electrons. The van der Waals surface area contributed by atoms with Crippen molar-refractivity contribution in [3.63, 3.8) is 0 Å². The Labute approximate surface area is 469 Å². The number of rotatable bonds is 50. The molecule has 0 spiro atoms. The summed E-state index contributed by atoms with van der Waals surface area (Å²) < 4.78 is 22.7. The Hall–Kier alpha value is -5.61. The van der Waals surface area contributed by atoms with E-state index in [0.29, 0.717) is 23.9 Å². The van der Waals surface area contributed by atoms with E-state index in [1.807, 2.05) is 21.1 Å². The third-order valence-corrected chi connectivity index (χ3v) is 11.2. The number of quaternary nitrogens is 1. The van der Waals surface area contributed by atoms with Crippen LogP contribution >= 0.6 is 0 Å². The first-order chi connectivity index (χ1) is 37.6. The number of carboxylic acid groups (broad SMARTS) is 1. The molecular formula is C68H104NO8+. The zero-order valence-electron chi connectivity index (χ0n) is 48.5. The van der Waals surface area contributed by atoms with Gasteiger partial charge in [-0.2, -0.15) is 0 Å². The molecule has 0 heterocycles. The second kappa shape index (κ2) is 56.6. The van der Waals surface area contributed by atoms with Gasteiger partial charge in [0.2, 0.25) is 0 Å². The minimum Gasteiger partial charge on any atom is -0.477 e. The molecule has 0 aliphatic heterocycles. The van der Waals surface area contributed by atoms with Crippen molar-refractivity contribution in [1.29, 1.82) is 0 Å². The summed E-state index contributed by atoms with van der Waals surface area (Å²) in [5.74, 6) is -2.14. The van der Waals surface area contributed by atoms with Crippen molar-refractivity contribution in [3.8, 4) is 0 Å². The minimum absolute atomic E-state index is 0.163. The van der Waals surface area contributed by atoms with E-state index in [4.69, 9.17) is 18.9 Å². The van der Waals surface area contributed by atoms with Crippen LogP contribution in [0.5, 0.6) is 0 Å². The molecule has 2 atom stereocenters. The lowest BCUT2D eigenvalue weighted by Crippen LogP contribution is -2.40. The number of aliphatic carboxylic acids is 1. The van der Waals surface area contributed by atoms with Crippen LogP contribution in [0.15, 0.2) is 182 Å². The van der Waals surface area contributed by atoms with Crippen LogP contribution < -0.4 is 0 Å². The normalized spacial score (nSPS) is 14.1. The average molecular weight is 1060 g/mol. The van der Waals surface area contributed by atoms with Crippen molar-refractivity contribution in [3.05, 3.63) is 182 Å². The van der Waals surface area contributed by atoms with Gasteiger partial charge in [-0.3, -0.25) is 9.59 Å². The lowest BCUT2D eigenvalue weighted by Gasteiger charge is -2.25. The quantitative estimate of drug-likeness (QED) is 0.0211. The van der Waals surface area contributed by atoms with E-state index in [9.17, 15) is 19.5 Å². The molecule has 428 valence electrons. The number of likely N-dealkylation sites (N-methyl/N-ethyl adjacent to an activating group) is 1. The van der Waals surface area contributed by atoms with Gasteiger partial charge in [-0.15, -0.1) is 0 Å². The maximum absolute atomic E-state index is 12.8. The van der Waals surface area contributed by atoms with E-state index in [1.165, 1.54) is 0 Å². The number of allylic oxidation sites excluding steroid dienone is 30. The molecule has 0 bridgehead atoms. The SMILES string of the molecule is CC/C=C\C/C=C\C/C=C\C/C=C\C/C=C\C/C=C\C/C=C\C/C=C\C/C=C\C/C=C\C/C=C\C/C=C\CCCCC(=O)OC(COC(=O)CCCCC/C=C\C/C=C\C/C=C\CC)COC(OCC[N+](C)(C)C)C(=O)O. The van der Waals surface area contributed by atoms with Crippen LogP contribution in [0.1, 0.15) is 168 Å². The number of carbonyl (C=O) groups is 3. The van der Waals surface area contributed by atoms with E-state index in [2.05, 4.69) is 196 Å². The van der Waals surface area contributed by atoms with Gasteiger partial charge in [0.05, 0.1) is 34.4 Å². The average Bonchev–Trinajstić information content (AvgIpc) is 3.40. The maximum Gasteiger partial charge on any atom is 0.361 e. The first-order valence-corrected chi connectivity index (χ1v) is 28.9. The molecule has 0 saturated heterocycles. The van der Waals surface area contributed by atoms with E-state index >= 15 is 0 Å². The number of hydrogen-bond acceptors (Lipinski definition) is 7. The Balaban J connectivity index is 4.33. The second-order valence-corrected chi connectivity index (χ2v) is 19.5. The minimum atomic E-state index is -1.54. The Morgan fingerprint density at radius 2 is 0.701 bits per heavy atom. The van der Waals surface area contributed by atoms with Crippen molar-refractivity contribution >= 4 is 17.9 Å². The number of carboxylic acids is 1. The molecule has 0 fully saturated rings. The van der Waals surface area contributed by atoms with E-state index in [0.717, 1.165) is 128 Å². The summed E-state index contributed by atoms with van der Waals surface area (Å²) in [7, 11) is 5.92. The fourth-order valence-electron chi connectivity index (χ4n) is 6.77. The number of ether oxygens (including phenoxy) is 4. The van der Waals surface area contributed by atoms with Crippen LogP contribution in [0.2, 0.25) is 0 Å². The lowest BCUT2D eigenvalue weighted by atomic mass is 10.1. The zero-order chi connectivity index (χ0) is 56.2. The molecule has 0 amide bonds. The Bertz CT molecular complexity index is 1910. The van der Waals surface area contributed by atoms with Crippen molar-refractivity contribution in [2.24, 2.45) is 0 Å². The van der Waals surface area contributed by atoms with Crippen molar-refractivity contribution < 1.29 is 42.9 Å². The lowest BCUT2D eigenvalue weighted by molar-refractivity contribution is -0.870. The Morgan fingerprint density at radius 1 is 0.390 bits per heavy atom. The highest BCUT2D eigenvalue weighted by molar-refractivity contribution is 5.71. The summed E-state index contributed by atoms with van der Waals surface area (Å²) in [6, 6.07) is 0. The van der Waals surface area contributed by atoms with Gasteiger partial charge < -0.3 is 28.5 Å². The molecule has 0 aliphatic carbocycles. The molecule has 2 unspecified atom stereocenters. The Kier molecular flexibility index (Phi) is 52.5. The number of nitrogens with zero attached hydrogens (tertiary/aromatic N) is 1. The predicted molar refractivity (Wildman–Crippen MR) is 326 cm³/mol. The fourth-order valence-corrected chi connectivity index (χ4v) is 6.77. The summed E-state index contributed by atoms with van der Waals surface area (Å²) >= 11 is 0. The Morgan fingerprint density at radius 3 is 1.04 bits per heavy atom. The topological polar surface area (TPSA) is 108 Å². The summed E-state index contributed by atoms with van der Waals surface area (Å²) in [6.07, 6.45) is 84.2. The van der Waals surface area contributed by atoms with Crippen LogP contribution in [-0.2, 0) is 33.3 Å². The molecule has 0 aromatic carbocycles. The van der Waals surface area contributed by atoms with Crippen molar-refractivity contribution in [1.82, 2.24) is 0 Å². The molecule has 0 saturated carbocycles. The highest BCUT2D eigenvalue weighted by Crippen LogP contribution is 2.11. The van der Waals surface area contributed by atoms with Crippen LogP contribution in [-0.4, -0.2) is 87.4 Å². The van der Waals surface area contributed by atoms with Gasteiger partial charge in [0.15, 0.2) is 6.10 Å². The summed E-state index contributed by atoms with van der Waals surface area (Å²) in [4.78, 5) is 37.3. The standard InChI is InChI=1S/C68H103NO8/c1-6-8-10-12-14-16-18-20-21-22-23-24-25-26-27-28-29-30-31-32-33-34-35-36-37-38-39-40-41-42-43-44-45-47-49-51-53-55-57-59-66(71)77-64(63-76-68(67(72)73)74-61-60-69(3,4)5)62-75-65(70)58-56-54-52-50-48-46-19-17-15-13-11-9-7-2/h8-11,14-17,20-21,23-24,26-27,29-30,32-33,35-36,38-39,41-42,44-46,48-49,51,64,68H,6-7,12-13,18-19,22,25,28,31,34,37,40,43,47,50,52-63H2,1-5H3/p+1/b10-8-,11-9-,16-14-,17-15-,21-20-,24-23-,27-26-,30-29-,33-32-,36-35-,39-38-,42-41-,45-44-,48-46-,51-49-. The van der Waals surface area contributed by atoms with Gasteiger partial charge in [0.1, 0.15) is 13.2 Å². The first-order valence-electron chi connectivity index (χ1n) is 28.9. The smallest absolute Gasteiger partial charge is 0.361 e. The van der Waals surface area contributed by atoms with Crippen LogP contribution in [0.3, 0.4) is 0 Å².